The summed E-state index contributed by atoms with van der Waals surface area (Å²) < 4.78 is 50.3. The number of anilines is 2. The lowest BCUT2D eigenvalue weighted by Crippen LogP contribution is -2.30. The lowest BCUT2D eigenvalue weighted by molar-refractivity contribution is 0.286. The van der Waals surface area contributed by atoms with E-state index in [1.807, 2.05) is 0 Å². The van der Waals surface area contributed by atoms with Crippen molar-refractivity contribution in [2.45, 2.75) is 36.3 Å². The number of thiazole rings is 1. The van der Waals surface area contributed by atoms with Gasteiger partial charge in [-0.05, 0) is 50.2 Å². The Kier molecular flexibility index (Phi) is 6.82. The quantitative estimate of drug-likeness (QED) is 0.451. The monoisotopic (exact) mass is 481 g/mol. The fourth-order valence-electron chi connectivity index (χ4n) is 2.82. The highest BCUT2D eigenvalue weighted by molar-refractivity contribution is 7.90. The van der Waals surface area contributed by atoms with E-state index in [0.29, 0.717) is 27.0 Å². The highest BCUT2D eigenvalue weighted by atomic mass is 32.2. The van der Waals surface area contributed by atoms with E-state index in [0.717, 1.165) is 6.26 Å². The first kappa shape index (κ1) is 23.4. The summed E-state index contributed by atoms with van der Waals surface area (Å²) in [6.45, 7) is 3.27. The summed E-state index contributed by atoms with van der Waals surface area (Å²) in [5.74, 6) is 0. The molecule has 0 aliphatic rings. The van der Waals surface area contributed by atoms with Crippen molar-refractivity contribution in [3.63, 3.8) is 0 Å². The van der Waals surface area contributed by atoms with Gasteiger partial charge in [0.1, 0.15) is 0 Å². The van der Waals surface area contributed by atoms with Crippen LogP contribution >= 0.6 is 11.3 Å². The van der Waals surface area contributed by atoms with Crippen molar-refractivity contribution < 1.29 is 21.9 Å². The van der Waals surface area contributed by atoms with E-state index in [4.69, 9.17) is 0 Å². The first-order chi connectivity index (χ1) is 14.5. The lowest BCUT2D eigenvalue weighted by atomic mass is 10.1. The van der Waals surface area contributed by atoms with Crippen molar-refractivity contribution in [3.8, 4) is 11.3 Å². The van der Waals surface area contributed by atoms with Crippen LogP contribution in [-0.2, 0) is 26.5 Å². The molecule has 0 spiro atoms. The summed E-state index contributed by atoms with van der Waals surface area (Å²) in [7, 11) is -6.87. The van der Waals surface area contributed by atoms with Gasteiger partial charge in [0.25, 0.3) is 0 Å². The topological polar surface area (TPSA) is 125 Å². The number of sulfonamides is 1. The van der Waals surface area contributed by atoms with E-state index in [1.165, 1.54) is 35.6 Å². The number of hydrogen-bond acceptors (Lipinski definition) is 8. The number of aliphatic hydroxyl groups excluding tert-OH is 1. The summed E-state index contributed by atoms with van der Waals surface area (Å²) >= 11 is 1.26. The fraction of sp³-hybridized carbons (Fsp3) is 0.250. The summed E-state index contributed by atoms with van der Waals surface area (Å²) in [6, 6.07) is 12.3. The number of aliphatic hydroxyl groups is 1. The molecule has 11 heteroatoms. The van der Waals surface area contributed by atoms with Gasteiger partial charge in [0.15, 0.2) is 15.0 Å². The molecule has 0 atom stereocenters. The minimum atomic E-state index is -3.60. The standard InChI is InChI=1S/C20H23N3O5S3/c1-13(2)23-31(27,28)17-8-4-14(5-9-17)19-18(12-24)29-20(22-19)21-15-6-10-16(11-7-15)30(3,25)26/h4-11,13,23-24H,12H2,1-3H3,(H,21,22). The summed E-state index contributed by atoms with van der Waals surface area (Å²) in [4.78, 5) is 5.51. The van der Waals surface area contributed by atoms with Crippen LogP contribution in [0.1, 0.15) is 18.7 Å². The van der Waals surface area contributed by atoms with E-state index in [2.05, 4.69) is 15.0 Å². The molecule has 0 saturated carbocycles. The number of nitrogens with one attached hydrogen (secondary N) is 2. The SMILES string of the molecule is CC(C)NS(=O)(=O)c1ccc(-c2nc(Nc3ccc(S(C)(=O)=O)cc3)sc2CO)cc1. The third-order valence-electron chi connectivity index (χ3n) is 4.20. The zero-order chi connectivity index (χ0) is 22.8. The molecule has 0 bridgehead atoms. The number of rotatable bonds is 8. The first-order valence-corrected chi connectivity index (χ1v) is 13.5. The van der Waals surface area contributed by atoms with Gasteiger partial charge in [-0.1, -0.05) is 23.5 Å². The van der Waals surface area contributed by atoms with E-state index in [9.17, 15) is 21.9 Å². The van der Waals surface area contributed by atoms with Gasteiger partial charge in [0.05, 0.1) is 27.0 Å². The van der Waals surface area contributed by atoms with Crippen molar-refractivity contribution in [2.24, 2.45) is 0 Å². The Hall–Kier alpha value is -2.31. The molecule has 3 N–H and O–H groups in total. The van der Waals surface area contributed by atoms with Gasteiger partial charge in [0.2, 0.25) is 10.0 Å². The second kappa shape index (κ2) is 9.05. The van der Waals surface area contributed by atoms with E-state index < -0.39 is 19.9 Å². The van der Waals surface area contributed by atoms with Gasteiger partial charge >= 0.3 is 0 Å². The number of nitrogens with zero attached hydrogens (tertiary/aromatic N) is 1. The highest BCUT2D eigenvalue weighted by Gasteiger charge is 2.17. The molecule has 8 nitrogen and oxygen atoms in total. The molecular weight excluding hydrogens is 458 g/mol. The second-order valence-corrected chi connectivity index (χ2v) is 12.0. The maximum absolute atomic E-state index is 12.3. The molecule has 0 aliphatic heterocycles. The third kappa shape index (κ3) is 5.69. The Balaban J connectivity index is 1.85. The van der Waals surface area contributed by atoms with Crippen LogP contribution in [0.3, 0.4) is 0 Å². The molecular formula is C20H23N3O5S3. The molecule has 31 heavy (non-hydrogen) atoms. The second-order valence-electron chi connectivity index (χ2n) is 7.17. The molecule has 0 fully saturated rings. The maximum atomic E-state index is 12.3. The van der Waals surface area contributed by atoms with Gasteiger partial charge in [0, 0.05) is 23.5 Å². The summed E-state index contributed by atoms with van der Waals surface area (Å²) in [5, 5.41) is 13.4. The smallest absolute Gasteiger partial charge is 0.240 e. The van der Waals surface area contributed by atoms with Crippen LogP contribution in [0.25, 0.3) is 11.3 Å². The molecule has 0 aliphatic carbocycles. The Labute approximate surface area is 186 Å². The normalized spacial score (nSPS) is 12.3. The van der Waals surface area contributed by atoms with Crippen molar-refractivity contribution >= 4 is 42.0 Å². The Morgan fingerprint density at radius 1 is 0.968 bits per heavy atom. The number of sulfone groups is 1. The van der Waals surface area contributed by atoms with Gasteiger partial charge in [-0.2, -0.15) is 0 Å². The van der Waals surface area contributed by atoms with Crippen molar-refractivity contribution in [2.75, 3.05) is 11.6 Å². The van der Waals surface area contributed by atoms with Gasteiger partial charge in [-0.25, -0.2) is 26.5 Å². The molecule has 3 aromatic rings. The van der Waals surface area contributed by atoms with Crippen LogP contribution < -0.4 is 10.0 Å². The maximum Gasteiger partial charge on any atom is 0.240 e. The van der Waals surface area contributed by atoms with Crippen molar-refractivity contribution in [1.82, 2.24) is 9.71 Å². The fourth-order valence-corrected chi connectivity index (χ4v) is 5.56. The van der Waals surface area contributed by atoms with E-state index >= 15 is 0 Å². The Bertz CT molecular complexity index is 1260. The number of aromatic nitrogens is 1. The predicted molar refractivity (Wildman–Crippen MR) is 122 cm³/mol. The first-order valence-electron chi connectivity index (χ1n) is 9.30. The largest absolute Gasteiger partial charge is 0.391 e. The Morgan fingerprint density at radius 3 is 2.06 bits per heavy atom. The number of benzene rings is 2. The van der Waals surface area contributed by atoms with Crippen LogP contribution in [0.15, 0.2) is 58.3 Å². The number of hydrogen-bond donors (Lipinski definition) is 3. The van der Waals surface area contributed by atoms with Crippen LogP contribution in [0.2, 0.25) is 0 Å². The molecule has 3 rings (SSSR count). The third-order valence-corrected chi connectivity index (χ3v) is 7.96. The minimum Gasteiger partial charge on any atom is -0.391 e. The lowest BCUT2D eigenvalue weighted by Gasteiger charge is -2.10. The molecule has 0 saturated heterocycles. The van der Waals surface area contributed by atoms with E-state index in [-0.39, 0.29) is 22.4 Å². The van der Waals surface area contributed by atoms with Crippen molar-refractivity contribution in [3.05, 3.63) is 53.4 Å². The average Bonchev–Trinajstić information content (AvgIpc) is 3.09. The van der Waals surface area contributed by atoms with Gasteiger partial charge in [-0.3, -0.25) is 0 Å². The predicted octanol–water partition coefficient (Wildman–Crippen LogP) is 3.14. The van der Waals surface area contributed by atoms with Gasteiger partial charge in [-0.15, -0.1) is 0 Å². The molecule has 2 aromatic carbocycles. The molecule has 0 radical (unpaired) electrons. The molecule has 166 valence electrons. The van der Waals surface area contributed by atoms with E-state index in [1.54, 1.807) is 38.1 Å². The highest BCUT2D eigenvalue weighted by Crippen LogP contribution is 2.33. The minimum absolute atomic E-state index is 0.148. The zero-order valence-electron chi connectivity index (χ0n) is 17.2. The summed E-state index contributed by atoms with van der Waals surface area (Å²) in [5.41, 5.74) is 1.87. The van der Waals surface area contributed by atoms with Crippen LogP contribution in [0, 0.1) is 0 Å². The zero-order valence-corrected chi connectivity index (χ0v) is 19.6. The van der Waals surface area contributed by atoms with Gasteiger partial charge < -0.3 is 10.4 Å². The van der Waals surface area contributed by atoms with Crippen molar-refractivity contribution in [1.29, 1.82) is 0 Å². The molecule has 1 heterocycles. The summed E-state index contributed by atoms with van der Waals surface area (Å²) in [6.07, 6.45) is 1.14. The molecule has 0 amide bonds. The molecule has 0 unspecified atom stereocenters. The van der Waals surface area contributed by atoms with Crippen LogP contribution in [0.5, 0.6) is 0 Å². The van der Waals surface area contributed by atoms with Crippen LogP contribution in [-0.4, -0.2) is 39.2 Å². The average molecular weight is 482 g/mol. The Morgan fingerprint density at radius 2 is 1.55 bits per heavy atom. The molecule has 1 aromatic heterocycles. The van der Waals surface area contributed by atoms with Crippen LogP contribution in [0.4, 0.5) is 10.8 Å².